The smallest absolute Gasteiger partial charge is 0.320 e. The van der Waals surface area contributed by atoms with Crippen LogP contribution >= 0.6 is 0 Å². The molecule has 0 aliphatic carbocycles. The van der Waals surface area contributed by atoms with E-state index in [0.717, 1.165) is 38.2 Å². The predicted octanol–water partition coefficient (Wildman–Crippen LogP) is 2.07. The van der Waals surface area contributed by atoms with Gasteiger partial charge in [0.05, 0.1) is 18.8 Å². The Bertz CT molecular complexity index is 485. The van der Waals surface area contributed by atoms with E-state index in [0.29, 0.717) is 18.8 Å². The van der Waals surface area contributed by atoms with Crippen molar-refractivity contribution in [2.24, 2.45) is 0 Å². The molecule has 0 amide bonds. The van der Waals surface area contributed by atoms with Crippen LogP contribution in [-0.2, 0) is 16.0 Å². The maximum absolute atomic E-state index is 14.1. The quantitative estimate of drug-likeness (QED) is 0.778. The number of hydrogen-bond donors (Lipinski definition) is 0. The number of halogens is 1. The summed E-state index contributed by atoms with van der Waals surface area (Å²) in [6, 6.07) is 5.44. The fraction of sp³-hybridized carbons (Fsp3) is 0.562. The highest BCUT2D eigenvalue weighted by atomic mass is 19.1. The zero-order chi connectivity index (χ0) is 15.2. The van der Waals surface area contributed by atoms with Gasteiger partial charge in [-0.1, -0.05) is 13.0 Å². The van der Waals surface area contributed by atoms with Gasteiger partial charge >= 0.3 is 5.97 Å². The minimum absolute atomic E-state index is 0.159. The summed E-state index contributed by atoms with van der Waals surface area (Å²) in [5, 5.41) is 0. The lowest BCUT2D eigenvalue weighted by atomic mass is 10.1. The zero-order valence-electron chi connectivity index (χ0n) is 12.8. The first-order valence-corrected chi connectivity index (χ1v) is 7.55. The Kier molecular flexibility index (Phi) is 5.56. The largest absolute Gasteiger partial charge is 0.465 e. The summed E-state index contributed by atoms with van der Waals surface area (Å²) in [6.45, 7) is 7.49. The summed E-state index contributed by atoms with van der Waals surface area (Å²) in [5.41, 5.74) is 1.67. The predicted molar refractivity (Wildman–Crippen MR) is 81.1 cm³/mol. The number of ether oxygens (including phenoxy) is 1. The number of hydrogen-bond acceptors (Lipinski definition) is 4. The molecule has 0 spiro atoms. The molecule has 0 unspecified atom stereocenters. The van der Waals surface area contributed by atoms with E-state index in [2.05, 4.69) is 0 Å². The third-order valence-electron chi connectivity index (χ3n) is 3.79. The van der Waals surface area contributed by atoms with Crippen molar-refractivity contribution in [1.82, 2.24) is 4.90 Å². The van der Waals surface area contributed by atoms with E-state index in [9.17, 15) is 9.18 Å². The first kappa shape index (κ1) is 15.8. The Morgan fingerprint density at radius 2 is 1.95 bits per heavy atom. The van der Waals surface area contributed by atoms with Gasteiger partial charge in [-0.25, -0.2) is 4.39 Å². The molecule has 2 rings (SSSR count). The fourth-order valence-electron chi connectivity index (χ4n) is 2.56. The number of carbonyl (C=O) groups is 1. The molecular formula is C16H23FN2O2. The summed E-state index contributed by atoms with van der Waals surface area (Å²) in [5.74, 6) is -0.349. The van der Waals surface area contributed by atoms with Crippen molar-refractivity contribution in [2.45, 2.75) is 20.3 Å². The van der Waals surface area contributed by atoms with Crippen LogP contribution in [0.25, 0.3) is 0 Å². The zero-order valence-corrected chi connectivity index (χ0v) is 12.8. The Balaban J connectivity index is 1.90. The van der Waals surface area contributed by atoms with Crippen LogP contribution in [0.1, 0.15) is 19.4 Å². The Morgan fingerprint density at radius 1 is 1.24 bits per heavy atom. The molecular weight excluding hydrogens is 271 g/mol. The molecule has 1 aromatic carbocycles. The lowest BCUT2D eigenvalue weighted by Gasteiger charge is -2.35. The van der Waals surface area contributed by atoms with Gasteiger partial charge in [0.15, 0.2) is 0 Å². The Labute approximate surface area is 125 Å². The van der Waals surface area contributed by atoms with Crippen LogP contribution in [0, 0.1) is 5.82 Å². The highest BCUT2D eigenvalue weighted by molar-refractivity contribution is 5.71. The molecule has 0 N–H and O–H groups in total. The molecule has 1 saturated heterocycles. The summed E-state index contributed by atoms with van der Waals surface area (Å²) in [4.78, 5) is 15.5. The average Bonchev–Trinajstić information content (AvgIpc) is 2.48. The first-order chi connectivity index (χ1) is 10.1. The van der Waals surface area contributed by atoms with E-state index >= 15 is 0 Å². The lowest BCUT2D eigenvalue weighted by molar-refractivity contribution is -0.144. The number of esters is 1. The number of benzene rings is 1. The van der Waals surface area contributed by atoms with Crippen LogP contribution in [0.2, 0.25) is 0 Å². The first-order valence-electron chi connectivity index (χ1n) is 7.55. The molecule has 1 aromatic rings. The third-order valence-corrected chi connectivity index (χ3v) is 3.79. The average molecular weight is 294 g/mol. The highest BCUT2D eigenvalue weighted by Gasteiger charge is 2.21. The summed E-state index contributed by atoms with van der Waals surface area (Å²) >= 11 is 0. The molecule has 116 valence electrons. The van der Waals surface area contributed by atoms with Gasteiger partial charge in [0.1, 0.15) is 5.82 Å². The SMILES string of the molecule is CCOC(=O)CN1CCN(c2ccc(CC)cc2F)CC1. The second-order valence-electron chi connectivity index (χ2n) is 5.21. The Hall–Kier alpha value is -1.62. The molecule has 1 fully saturated rings. The summed E-state index contributed by atoms with van der Waals surface area (Å²) in [7, 11) is 0. The van der Waals surface area contributed by atoms with Gasteiger partial charge in [-0.05, 0) is 31.0 Å². The van der Waals surface area contributed by atoms with Crippen LogP contribution in [0.3, 0.4) is 0 Å². The van der Waals surface area contributed by atoms with E-state index in [1.165, 1.54) is 0 Å². The number of piperazine rings is 1. The molecule has 21 heavy (non-hydrogen) atoms. The van der Waals surface area contributed by atoms with Gasteiger partial charge < -0.3 is 9.64 Å². The number of rotatable bonds is 5. The van der Waals surface area contributed by atoms with Crippen molar-refractivity contribution < 1.29 is 13.9 Å². The van der Waals surface area contributed by atoms with Crippen molar-refractivity contribution in [1.29, 1.82) is 0 Å². The van der Waals surface area contributed by atoms with E-state index in [-0.39, 0.29) is 11.8 Å². The maximum atomic E-state index is 14.1. The number of aryl methyl sites for hydroxylation is 1. The van der Waals surface area contributed by atoms with Crippen LogP contribution in [0.4, 0.5) is 10.1 Å². The number of carbonyl (C=O) groups excluding carboxylic acids is 1. The van der Waals surface area contributed by atoms with Gasteiger partial charge in [0.2, 0.25) is 0 Å². The van der Waals surface area contributed by atoms with Crippen LogP contribution in [0.15, 0.2) is 18.2 Å². The molecule has 1 aliphatic rings. The minimum atomic E-state index is -0.190. The van der Waals surface area contributed by atoms with E-state index < -0.39 is 0 Å². The van der Waals surface area contributed by atoms with Gasteiger partial charge in [0, 0.05) is 26.2 Å². The van der Waals surface area contributed by atoms with Crippen LogP contribution in [0.5, 0.6) is 0 Å². The fourth-order valence-corrected chi connectivity index (χ4v) is 2.56. The molecule has 0 saturated carbocycles. The minimum Gasteiger partial charge on any atom is -0.465 e. The summed E-state index contributed by atoms with van der Waals surface area (Å²) in [6.07, 6.45) is 0.838. The van der Waals surface area contributed by atoms with Crippen molar-refractivity contribution in [2.75, 3.05) is 44.2 Å². The van der Waals surface area contributed by atoms with Crippen molar-refractivity contribution >= 4 is 11.7 Å². The summed E-state index contributed by atoms with van der Waals surface area (Å²) < 4.78 is 19.0. The number of anilines is 1. The monoisotopic (exact) mass is 294 g/mol. The molecule has 0 aromatic heterocycles. The van der Waals surface area contributed by atoms with E-state index in [4.69, 9.17) is 4.74 Å². The van der Waals surface area contributed by atoms with Gasteiger partial charge in [0.25, 0.3) is 0 Å². The van der Waals surface area contributed by atoms with Crippen molar-refractivity contribution in [3.05, 3.63) is 29.6 Å². The second kappa shape index (κ2) is 7.41. The number of nitrogens with zero attached hydrogens (tertiary/aromatic N) is 2. The van der Waals surface area contributed by atoms with Gasteiger partial charge in [-0.15, -0.1) is 0 Å². The highest BCUT2D eigenvalue weighted by Crippen LogP contribution is 2.22. The standard InChI is InChI=1S/C16H23FN2O2/c1-3-13-5-6-15(14(17)11-13)19-9-7-18(8-10-19)12-16(20)21-4-2/h5-6,11H,3-4,7-10,12H2,1-2H3. The molecule has 5 heteroatoms. The second-order valence-corrected chi connectivity index (χ2v) is 5.21. The van der Waals surface area contributed by atoms with Gasteiger partial charge in [-0.2, -0.15) is 0 Å². The molecule has 0 radical (unpaired) electrons. The van der Waals surface area contributed by atoms with Crippen molar-refractivity contribution in [3.63, 3.8) is 0 Å². The van der Waals surface area contributed by atoms with E-state index in [1.807, 2.05) is 28.9 Å². The third kappa shape index (κ3) is 4.17. The lowest BCUT2D eigenvalue weighted by Crippen LogP contribution is -2.48. The van der Waals surface area contributed by atoms with Crippen molar-refractivity contribution in [3.8, 4) is 0 Å². The molecule has 0 atom stereocenters. The van der Waals surface area contributed by atoms with E-state index in [1.54, 1.807) is 13.0 Å². The Morgan fingerprint density at radius 3 is 2.52 bits per heavy atom. The van der Waals surface area contributed by atoms with Crippen LogP contribution in [-0.4, -0.2) is 50.2 Å². The topological polar surface area (TPSA) is 32.8 Å². The van der Waals surface area contributed by atoms with Crippen LogP contribution < -0.4 is 4.90 Å². The maximum Gasteiger partial charge on any atom is 0.320 e. The molecule has 1 aliphatic heterocycles. The molecule has 1 heterocycles. The normalized spacial score (nSPS) is 16.0. The molecule has 0 bridgehead atoms. The molecule has 4 nitrogen and oxygen atoms in total. The van der Waals surface area contributed by atoms with Gasteiger partial charge in [-0.3, -0.25) is 9.69 Å².